The number of nitrogens with zero attached hydrogens (tertiary/aromatic N) is 2. The number of fused-ring (bicyclic) bond motifs is 1. The molecule has 194 valence electrons. The first-order valence-corrected chi connectivity index (χ1v) is 12.6. The molecular formula is C24H28F3N5O3S. The topological polar surface area (TPSA) is 103 Å². The van der Waals surface area contributed by atoms with Gasteiger partial charge in [0.05, 0.1) is 33.9 Å². The van der Waals surface area contributed by atoms with Gasteiger partial charge in [-0.3, -0.25) is 9.52 Å². The molecule has 1 heterocycles. The Morgan fingerprint density at radius 1 is 1.03 bits per heavy atom. The van der Waals surface area contributed by atoms with Gasteiger partial charge in [0.1, 0.15) is 0 Å². The van der Waals surface area contributed by atoms with Crippen LogP contribution in [0.4, 0.5) is 18.9 Å². The smallest absolute Gasteiger partial charge is 0.355 e. The van der Waals surface area contributed by atoms with Crippen molar-refractivity contribution in [3.8, 4) is 0 Å². The minimum absolute atomic E-state index is 0.101. The molecule has 0 saturated carbocycles. The van der Waals surface area contributed by atoms with Gasteiger partial charge in [-0.1, -0.05) is 18.2 Å². The normalized spacial score (nSPS) is 12.2. The summed E-state index contributed by atoms with van der Waals surface area (Å²) in [5.74, 6) is -0.139. The molecule has 3 aromatic rings. The molecule has 3 N–H and O–H groups in total. The maximum absolute atomic E-state index is 12.8. The van der Waals surface area contributed by atoms with Crippen LogP contribution in [0.1, 0.15) is 17.7 Å². The maximum Gasteiger partial charge on any atom is 0.416 e. The second-order valence-corrected chi connectivity index (χ2v) is 10.1. The molecule has 0 saturated heterocycles. The van der Waals surface area contributed by atoms with Gasteiger partial charge in [-0.05, 0) is 63.5 Å². The predicted octanol–water partition coefficient (Wildman–Crippen LogP) is 3.21. The zero-order valence-corrected chi connectivity index (χ0v) is 20.7. The van der Waals surface area contributed by atoms with Crippen molar-refractivity contribution in [2.24, 2.45) is 0 Å². The zero-order chi connectivity index (χ0) is 26.3. The number of carbonyl (C=O) groups excluding carboxylic acids is 1. The molecule has 0 radical (unpaired) electrons. The van der Waals surface area contributed by atoms with Crippen LogP contribution in [-0.4, -0.2) is 57.9 Å². The number of halogens is 3. The van der Waals surface area contributed by atoms with Crippen molar-refractivity contribution >= 4 is 32.5 Å². The Morgan fingerprint density at radius 2 is 1.75 bits per heavy atom. The number of hydrogen-bond donors (Lipinski definition) is 3. The van der Waals surface area contributed by atoms with Gasteiger partial charge < -0.3 is 15.5 Å². The average Bonchev–Trinajstić information content (AvgIpc) is 2.81. The Balaban J connectivity index is 1.67. The molecule has 2 aromatic carbocycles. The highest BCUT2D eigenvalue weighted by Crippen LogP contribution is 2.30. The van der Waals surface area contributed by atoms with E-state index in [1.165, 1.54) is 6.07 Å². The molecule has 0 aliphatic heterocycles. The fraction of sp³-hybridized carbons (Fsp3) is 0.333. The van der Waals surface area contributed by atoms with Crippen LogP contribution in [0.2, 0.25) is 0 Å². The molecule has 0 aliphatic carbocycles. The lowest BCUT2D eigenvalue weighted by molar-refractivity contribution is -0.137. The minimum Gasteiger partial charge on any atom is -0.355 e. The zero-order valence-electron chi connectivity index (χ0n) is 19.9. The Labute approximate surface area is 208 Å². The van der Waals surface area contributed by atoms with Gasteiger partial charge in [-0.2, -0.15) is 13.2 Å². The van der Waals surface area contributed by atoms with Gasteiger partial charge in [0.2, 0.25) is 5.91 Å². The molecule has 0 aliphatic rings. The van der Waals surface area contributed by atoms with E-state index in [0.717, 1.165) is 37.2 Å². The first kappa shape index (κ1) is 27.4. The van der Waals surface area contributed by atoms with E-state index < -0.39 is 21.8 Å². The molecule has 12 heteroatoms. The minimum atomic E-state index is -4.56. The lowest BCUT2D eigenvalue weighted by Gasteiger charge is -2.13. The summed E-state index contributed by atoms with van der Waals surface area (Å²) in [6, 6.07) is 11.7. The summed E-state index contributed by atoms with van der Waals surface area (Å²) in [7, 11) is -0.227. The quantitative estimate of drug-likeness (QED) is 0.334. The molecule has 0 spiro atoms. The summed E-state index contributed by atoms with van der Waals surface area (Å²) in [6.07, 6.45) is -3.72. The molecule has 1 aromatic heterocycles. The number of sulfonamides is 1. The highest BCUT2D eigenvalue weighted by atomic mass is 32.2. The van der Waals surface area contributed by atoms with E-state index in [1.54, 1.807) is 24.3 Å². The fourth-order valence-corrected chi connectivity index (χ4v) is 4.45. The van der Waals surface area contributed by atoms with Crippen LogP contribution in [-0.2, 0) is 27.5 Å². The second-order valence-electron chi connectivity index (χ2n) is 8.42. The number of anilines is 1. The van der Waals surface area contributed by atoms with Crippen LogP contribution in [0.5, 0.6) is 0 Å². The van der Waals surface area contributed by atoms with Gasteiger partial charge in [-0.15, -0.1) is 0 Å². The lowest BCUT2D eigenvalue weighted by Crippen LogP contribution is -2.35. The number of pyridine rings is 1. The summed E-state index contributed by atoms with van der Waals surface area (Å²) in [5, 5.41) is 6.51. The van der Waals surface area contributed by atoms with Crippen molar-refractivity contribution in [3.63, 3.8) is 0 Å². The molecule has 1 amide bonds. The largest absolute Gasteiger partial charge is 0.416 e. The van der Waals surface area contributed by atoms with Crippen LogP contribution in [0, 0.1) is 0 Å². The molecule has 36 heavy (non-hydrogen) atoms. The Bertz CT molecular complexity index is 1300. The Kier molecular flexibility index (Phi) is 8.88. The molecule has 3 rings (SSSR count). The molecule has 0 fully saturated rings. The summed E-state index contributed by atoms with van der Waals surface area (Å²) in [5.41, 5.74) is 0.213. The van der Waals surface area contributed by atoms with Crippen LogP contribution in [0.15, 0.2) is 59.5 Å². The first-order valence-electron chi connectivity index (χ1n) is 11.2. The summed E-state index contributed by atoms with van der Waals surface area (Å²) < 4.78 is 66.4. The number of amides is 1. The van der Waals surface area contributed by atoms with E-state index in [1.807, 2.05) is 19.0 Å². The van der Waals surface area contributed by atoms with E-state index in [0.29, 0.717) is 23.1 Å². The SMILES string of the molecule is CN(C)CCCNC(=O)CNCc1ccc2cccc(NS(=O)(=O)c3ccc(C(F)(F)F)cc3)c2n1. The number of para-hydroxylation sites is 1. The predicted molar refractivity (Wildman–Crippen MR) is 132 cm³/mol. The molecule has 8 nitrogen and oxygen atoms in total. The highest BCUT2D eigenvalue weighted by molar-refractivity contribution is 7.92. The van der Waals surface area contributed by atoms with Crippen LogP contribution < -0.4 is 15.4 Å². The molecule has 0 unspecified atom stereocenters. The fourth-order valence-electron chi connectivity index (χ4n) is 3.38. The molecule has 0 atom stereocenters. The summed E-state index contributed by atoms with van der Waals surface area (Å²) in [4.78, 5) is 18.2. The maximum atomic E-state index is 12.8. The standard InChI is InChI=1S/C24H28F3N5O3S/c1-32(2)14-4-13-29-22(33)16-28-15-19-10-7-17-5-3-6-21(23(17)30-19)31-36(34,35)20-11-8-18(9-12-20)24(25,26)27/h3,5-12,28,31H,4,13-16H2,1-2H3,(H,29,33). The van der Waals surface area contributed by atoms with Gasteiger partial charge in [0.15, 0.2) is 0 Å². The van der Waals surface area contributed by atoms with Crippen molar-refractivity contribution in [1.82, 2.24) is 20.5 Å². The van der Waals surface area contributed by atoms with Crippen molar-refractivity contribution in [2.75, 3.05) is 38.5 Å². The van der Waals surface area contributed by atoms with Crippen molar-refractivity contribution in [2.45, 2.75) is 24.0 Å². The third kappa shape index (κ3) is 7.64. The van der Waals surface area contributed by atoms with E-state index >= 15 is 0 Å². The lowest BCUT2D eigenvalue weighted by atomic mass is 10.2. The third-order valence-electron chi connectivity index (χ3n) is 5.21. The number of hydrogen-bond acceptors (Lipinski definition) is 6. The number of alkyl halides is 3. The summed E-state index contributed by atoms with van der Waals surface area (Å²) in [6.45, 7) is 1.83. The van der Waals surface area contributed by atoms with E-state index in [9.17, 15) is 26.4 Å². The van der Waals surface area contributed by atoms with Gasteiger partial charge in [0.25, 0.3) is 10.0 Å². The van der Waals surface area contributed by atoms with Crippen molar-refractivity contribution in [1.29, 1.82) is 0 Å². The van der Waals surface area contributed by atoms with Gasteiger partial charge >= 0.3 is 6.18 Å². The van der Waals surface area contributed by atoms with E-state index in [4.69, 9.17) is 0 Å². The van der Waals surface area contributed by atoms with E-state index in [2.05, 4.69) is 20.3 Å². The molecule has 0 bridgehead atoms. The number of nitrogens with one attached hydrogen (secondary N) is 3. The van der Waals surface area contributed by atoms with Crippen molar-refractivity contribution in [3.05, 3.63) is 65.9 Å². The first-order chi connectivity index (χ1) is 17.0. The number of aromatic nitrogens is 1. The number of rotatable bonds is 11. The summed E-state index contributed by atoms with van der Waals surface area (Å²) >= 11 is 0. The van der Waals surface area contributed by atoms with Gasteiger partial charge in [0, 0.05) is 18.5 Å². The number of benzene rings is 2. The highest BCUT2D eigenvalue weighted by Gasteiger charge is 2.30. The second kappa shape index (κ2) is 11.7. The van der Waals surface area contributed by atoms with Crippen LogP contribution >= 0.6 is 0 Å². The van der Waals surface area contributed by atoms with Crippen molar-refractivity contribution < 1.29 is 26.4 Å². The number of carbonyl (C=O) groups is 1. The van der Waals surface area contributed by atoms with Gasteiger partial charge in [-0.25, -0.2) is 13.4 Å². The van der Waals surface area contributed by atoms with E-state index in [-0.39, 0.29) is 29.6 Å². The monoisotopic (exact) mass is 523 g/mol. The Hall–Kier alpha value is -3.22. The Morgan fingerprint density at radius 3 is 2.42 bits per heavy atom. The average molecular weight is 524 g/mol. The van der Waals surface area contributed by atoms with Crippen LogP contribution in [0.3, 0.4) is 0 Å². The van der Waals surface area contributed by atoms with Crippen LogP contribution in [0.25, 0.3) is 10.9 Å². The third-order valence-corrected chi connectivity index (χ3v) is 6.59. The molecular weight excluding hydrogens is 495 g/mol.